The summed E-state index contributed by atoms with van der Waals surface area (Å²) in [4.78, 5) is 0. The molecular weight excluding hydrogens is 937 g/mol. The van der Waals surface area contributed by atoms with Gasteiger partial charge in [-0.3, -0.25) is 0 Å². The number of hydrogen-bond donors (Lipinski definition) is 0. The van der Waals surface area contributed by atoms with Crippen LogP contribution < -0.4 is 28.4 Å². The molecule has 9 nitrogen and oxygen atoms in total. The van der Waals surface area contributed by atoms with Crippen LogP contribution in [0.25, 0.3) is 45.2 Å². The lowest BCUT2D eigenvalue weighted by Crippen LogP contribution is -2.26. The Morgan fingerprint density at radius 1 is 0.427 bits per heavy atom. The maximum atomic E-state index is 7.31. The minimum absolute atomic E-state index is 0.0375. The van der Waals surface area contributed by atoms with Gasteiger partial charge in [-0.05, 0) is 166 Å². The fourth-order valence-electron chi connectivity index (χ4n) is 10.7. The first-order valence-corrected chi connectivity index (χ1v) is 26.0. The molecule has 6 aliphatic heterocycles. The van der Waals surface area contributed by atoms with Crippen molar-refractivity contribution in [3.63, 3.8) is 0 Å². The highest BCUT2D eigenvalue weighted by molar-refractivity contribution is 6.08. The molecule has 0 aromatic heterocycles. The van der Waals surface area contributed by atoms with Crippen molar-refractivity contribution < 1.29 is 42.6 Å². The Labute approximate surface area is 441 Å². The summed E-state index contributed by atoms with van der Waals surface area (Å²) in [5.74, 6) is 6.44. The summed E-state index contributed by atoms with van der Waals surface area (Å²) in [5, 5.41) is 2.05. The highest BCUT2D eigenvalue weighted by Crippen LogP contribution is 2.52. The van der Waals surface area contributed by atoms with Gasteiger partial charge >= 0.3 is 0 Å². The summed E-state index contributed by atoms with van der Waals surface area (Å²) in [6.07, 6.45) is 7.20. The molecule has 0 N–H and O–H groups in total. The molecule has 0 unspecified atom stereocenters. The predicted molar refractivity (Wildman–Crippen MR) is 299 cm³/mol. The molecule has 7 aliphatic rings. The normalized spacial score (nSPS) is 16.7. The summed E-state index contributed by atoms with van der Waals surface area (Å²) in [6, 6.07) is 55.2. The zero-order valence-corrected chi connectivity index (χ0v) is 43.7. The van der Waals surface area contributed by atoms with Gasteiger partial charge in [-0.25, -0.2) is 0 Å². The van der Waals surface area contributed by atoms with E-state index in [-0.39, 0.29) is 10.8 Å². The van der Waals surface area contributed by atoms with Gasteiger partial charge in [0, 0.05) is 16.5 Å². The number of benzene rings is 8. The smallest absolute Gasteiger partial charge is 0.142 e. The molecule has 15 rings (SSSR count). The fraction of sp³-hybridized carbons (Fsp3) is 0.273. The topological polar surface area (TPSA) is 83.1 Å². The lowest BCUT2D eigenvalue weighted by atomic mass is 9.70. The molecule has 0 saturated carbocycles. The first-order valence-electron chi connectivity index (χ1n) is 26.0. The standard InChI is InChI=1S/C66H66O9/c1-65(2)43-48-13-9-10-14-56(48)63-59-41-58(47-11-7-6-8-12-47)62(67-5)42-60(59)64-57(61(63)44-66(3,4)45-65)32-17-46-15-18-51(19-16-46)73-52-24-20-49(21-25-52)71-39-37-69-35-33-68-34-36-70-38-40-72-50-22-26-53(27-23-50)74-54-28-30-55(75-64)31-29-54/h6-32,41-42H,33-40,43-45H2,1-5H3/b32-17-. The van der Waals surface area contributed by atoms with Gasteiger partial charge in [-0.1, -0.05) is 107 Å². The minimum Gasteiger partial charge on any atom is -0.496 e. The number of hydrogen-bond acceptors (Lipinski definition) is 9. The molecule has 8 aromatic carbocycles. The van der Waals surface area contributed by atoms with Crippen molar-refractivity contribution >= 4 is 22.9 Å². The van der Waals surface area contributed by atoms with Crippen LogP contribution in [-0.2, 0) is 27.1 Å². The molecule has 0 saturated heterocycles. The fourth-order valence-corrected chi connectivity index (χ4v) is 10.7. The lowest BCUT2D eigenvalue weighted by molar-refractivity contribution is 0.00499. The van der Waals surface area contributed by atoms with Crippen molar-refractivity contribution in [2.45, 2.75) is 47.0 Å². The van der Waals surface area contributed by atoms with E-state index in [0.29, 0.717) is 75.9 Å². The molecule has 384 valence electrons. The Hall–Kier alpha value is -7.56. The number of ether oxygens (including phenoxy) is 9. The van der Waals surface area contributed by atoms with E-state index in [4.69, 9.17) is 42.6 Å². The first kappa shape index (κ1) is 50.9. The number of rotatable bonds is 2. The molecule has 8 aromatic rings. The molecule has 0 atom stereocenters. The molecule has 0 spiro atoms. The third-order valence-electron chi connectivity index (χ3n) is 13.6. The quantitative estimate of drug-likeness (QED) is 0.168. The Morgan fingerprint density at radius 3 is 1.47 bits per heavy atom. The van der Waals surface area contributed by atoms with Crippen LogP contribution in [0.1, 0.15) is 56.4 Å². The van der Waals surface area contributed by atoms with Crippen LogP contribution in [0.3, 0.4) is 0 Å². The Balaban J connectivity index is 1.09. The van der Waals surface area contributed by atoms with Gasteiger partial charge in [0.15, 0.2) is 0 Å². The van der Waals surface area contributed by atoms with Crippen molar-refractivity contribution in [2.75, 3.05) is 60.0 Å². The summed E-state index contributed by atoms with van der Waals surface area (Å²) < 4.78 is 55.2. The molecule has 75 heavy (non-hydrogen) atoms. The lowest BCUT2D eigenvalue weighted by Gasteiger charge is -2.35. The number of fused-ring (bicyclic) bond motifs is 7. The van der Waals surface area contributed by atoms with Crippen LogP contribution in [0.5, 0.6) is 51.7 Å². The van der Waals surface area contributed by atoms with E-state index in [1.807, 2.05) is 84.9 Å². The second-order valence-corrected chi connectivity index (χ2v) is 20.7. The largest absolute Gasteiger partial charge is 0.496 e. The van der Waals surface area contributed by atoms with Crippen LogP contribution in [0.15, 0.2) is 164 Å². The monoisotopic (exact) mass is 1000 g/mol. The molecule has 1 aliphatic carbocycles. The van der Waals surface area contributed by atoms with Crippen LogP contribution in [-0.4, -0.2) is 60.0 Å². The minimum atomic E-state index is -0.0836. The van der Waals surface area contributed by atoms with Crippen molar-refractivity contribution in [2.24, 2.45) is 10.8 Å². The Morgan fingerprint density at radius 2 is 0.907 bits per heavy atom. The van der Waals surface area contributed by atoms with Gasteiger partial charge in [-0.15, -0.1) is 0 Å². The van der Waals surface area contributed by atoms with Crippen molar-refractivity contribution in [3.05, 3.63) is 186 Å². The van der Waals surface area contributed by atoms with E-state index >= 15 is 0 Å². The Kier molecular flexibility index (Phi) is 15.8. The van der Waals surface area contributed by atoms with Crippen LogP contribution in [0, 0.1) is 10.8 Å². The molecule has 9 heteroatoms. The van der Waals surface area contributed by atoms with E-state index in [9.17, 15) is 0 Å². The highest BCUT2D eigenvalue weighted by Gasteiger charge is 2.35. The second-order valence-electron chi connectivity index (χ2n) is 20.7. The van der Waals surface area contributed by atoms with Crippen molar-refractivity contribution in [3.8, 4) is 74.0 Å². The van der Waals surface area contributed by atoms with Gasteiger partial charge in [0.1, 0.15) is 65.0 Å². The van der Waals surface area contributed by atoms with Gasteiger partial charge in [0.2, 0.25) is 0 Å². The maximum Gasteiger partial charge on any atom is 0.142 e. The third-order valence-corrected chi connectivity index (χ3v) is 13.6. The first-order chi connectivity index (χ1) is 36.6. The molecule has 0 fully saturated rings. The van der Waals surface area contributed by atoms with Gasteiger partial charge in [0.25, 0.3) is 0 Å². The third kappa shape index (κ3) is 12.9. The van der Waals surface area contributed by atoms with E-state index in [1.54, 1.807) is 7.11 Å². The van der Waals surface area contributed by atoms with Gasteiger partial charge in [-0.2, -0.15) is 0 Å². The summed E-state index contributed by atoms with van der Waals surface area (Å²) in [6.45, 7) is 13.3. The number of methoxy groups -OCH3 is 1. The van der Waals surface area contributed by atoms with Crippen LogP contribution in [0.4, 0.5) is 0 Å². The van der Waals surface area contributed by atoms with Crippen molar-refractivity contribution in [1.29, 1.82) is 0 Å². The van der Waals surface area contributed by atoms with Crippen molar-refractivity contribution in [1.82, 2.24) is 0 Å². The maximum absolute atomic E-state index is 7.31. The second kappa shape index (κ2) is 23.3. The zero-order chi connectivity index (χ0) is 51.6. The zero-order valence-electron chi connectivity index (χ0n) is 43.7. The average Bonchev–Trinajstić information content (AvgIpc) is 3.44. The highest BCUT2D eigenvalue weighted by atomic mass is 16.6. The molecular formula is C66H66O9. The van der Waals surface area contributed by atoms with Gasteiger partial charge in [0.05, 0.1) is 46.8 Å². The van der Waals surface area contributed by atoms with E-state index in [0.717, 1.165) is 81.0 Å². The van der Waals surface area contributed by atoms with E-state index < -0.39 is 0 Å². The SMILES string of the molecule is COc1cc2c3c(c4c(c2cc1-c1ccccc1)-c1ccccc1CC(C)(C)CC(C)(C)C4)/C=C\c1ccc(cc1)Oc1ccc(cc1)OCCOCCOCCOCCOc1ccc(cc1)Oc1ccc(cc1)O3. The van der Waals surface area contributed by atoms with E-state index in [1.165, 1.54) is 22.3 Å². The van der Waals surface area contributed by atoms with Crippen LogP contribution in [0.2, 0.25) is 0 Å². The van der Waals surface area contributed by atoms with Crippen LogP contribution >= 0.6 is 0 Å². The molecule has 0 amide bonds. The predicted octanol–water partition coefficient (Wildman–Crippen LogP) is 16.1. The summed E-state index contributed by atoms with van der Waals surface area (Å²) in [7, 11) is 1.75. The summed E-state index contributed by atoms with van der Waals surface area (Å²) in [5.41, 5.74) is 9.09. The summed E-state index contributed by atoms with van der Waals surface area (Å²) >= 11 is 0. The molecule has 8 bridgehead atoms. The Bertz CT molecular complexity index is 3200. The molecule has 0 radical (unpaired) electrons. The average molecular weight is 1000 g/mol. The van der Waals surface area contributed by atoms with Gasteiger partial charge < -0.3 is 42.6 Å². The molecule has 6 heterocycles. The van der Waals surface area contributed by atoms with E-state index in [2.05, 4.69) is 119 Å².